The van der Waals surface area contributed by atoms with E-state index in [1.165, 1.54) is 40.7 Å². The zero-order chi connectivity index (χ0) is 13.7. The Hall–Kier alpha value is -1.63. The molecule has 0 bridgehead atoms. The number of hydrogen-bond donors (Lipinski definition) is 0. The lowest BCUT2D eigenvalue weighted by molar-refractivity contribution is 0.810. The minimum Gasteiger partial charge on any atom is -0.293 e. The van der Waals surface area contributed by atoms with Gasteiger partial charge in [-0.2, -0.15) is 0 Å². The van der Waals surface area contributed by atoms with Gasteiger partial charge < -0.3 is 0 Å². The second-order valence-corrected chi connectivity index (χ2v) is 5.31. The van der Waals surface area contributed by atoms with Gasteiger partial charge in [0.1, 0.15) is 0 Å². The molecule has 0 unspecified atom stereocenters. The molecule has 0 radical (unpaired) electrons. The first kappa shape index (κ1) is 13.8. The topological polar surface area (TPSA) is 12.4 Å². The third-order valence-electron chi connectivity index (χ3n) is 3.55. The van der Waals surface area contributed by atoms with Crippen molar-refractivity contribution < 1.29 is 0 Å². The molecule has 2 rings (SSSR count). The highest BCUT2D eigenvalue weighted by molar-refractivity contribution is 5.90. The van der Waals surface area contributed by atoms with Crippen molar-refractivity contribution in [1.82, 2.24) is 0 Å². The summed E-state index contributed by atoms with van der Waals surface area (Å²) >= 11 is 0. The number of aliphatic imine (C=N–C) groups is 1. The Bertz CT molecular complexity index is 532. The minimum absolute atomic E-state index is 0.931. The van der Waals surface area contributed by atoms with Crippen LogP contribution in [0.5, 0.6) is 0 Å². The molecule has 1 aromatic carbocycles. The molecular weight excluding hydrogens is 230 g/mol. The molecule has 0 heterocycles. The summed E-state index contributed by atoms with van der Waals surface area (Å²) in [4.78, 5) is 4.54. The average molecular weight is 253 g/mol. The van der Waals surface area contributed by atoms with Crippen molar-refractivity contribution in [2.45, 2.75) is 40.0 Å². The number of unbranched alkanes of at least 4 members (excludes halogenated alkanes) is 1. The molecular formula is C18H23N. The molecule has 1 heteroatoms. The molecule has 0 N–H and O–H groups in total. The van der Waals surface area contributed by atoms with Crippen molar-refractivity contribution >= 4 is 11.8 Å². The Morgan fingerprint density at radius 2 is 2.00 bits per heavy atom. The van der Waals surface area contributed by atoms with Crippen LogP contribution in [0.3, 0.4) is 0 Å². The van der Waals surface area contributed by atoms with Crippen molar-refractivity contribution in [3.63, 3.8) is 0 Å². The molecule has 19 heavy (non-hydrogen) atoms. The Labute approximate surface area is 116 Å². The van der Waals surface area contributed by atoms with Crippen LogP contribution in [0.2, 0.25) is 0 Å². The summed E-state index contributed by atoms with van der Waals surface area (Å²) in [5.74, 6) is 0. The Kier molecular flexibility index (Phi) is 4.73. The number of benzene rings is 1. The smallest absolute Gasteiger partial charge is 0.0389 e. The zero-order valence-corrected chi connectivity index (χ0v) is 12.2. The molecule has 1 nitrogen and oxygen atoms in total. The van der Waals surface area contributed by atoms with Crippen LogP contribution in [0, 0.1) is 0 Å². The first-order chi connectivity index (χ1) is 9.22. The van der Waals surface area contributed by atoms with Crippen molar-refractivity contribution in [2.24, 2.45) is 4.99 Å². The predicted molar refractivity (Wildman–Crippen MR) is 84.8 cm³/mol. The number of nitrogens with zero attached hydrogens (tertiary/aromatic N) is 1. The predicted octanol–water partition coefficient (Wildman–Crippen LogP) is 5.03. The zero-order valence-electron chi connectivity index (χ0n) is 12.2. The van der Waals surface area contributed by atoms with E-state index >= 15 is 0 Å². The molecule has 1 aliphatic carbocycles. The van der Waals surface area contributed by atoms with Crippen LogP contribution >= 0.6 is 0 Å². The molecule has 0 aromatic heterocycles. The van der Waals surface area contributed by atoms with E-state index in [0.29, 0.717) is 0 Å². The van der Waals surface area contributed by atoms with Gasteiger partial charge in [0.2, 0.25) is 0 Å². The fraction of sp³-hybridized carbons (Fsp3) is 0.389. The fourth-order valence-corrected chi connectivity index (χ4v) is 2.53. The maximum absolute atomic E-state index is 4.54. The second-order valence-electron chi connectivity index (χ2n) is 5.31. The van der Waals surface area contributed by atoms with E-state index in [2.05, 4.69) is 56.1 Å². The van der Waals surface area contributed by atoms with Crippen LogP contribution < -0.4 is 0 Å². The summed E-state index contributed by atoms with van der Waals surface area (Å²) in [7, 11) is 0. The third-order valence-corrected chi connectivity index (χ3v) is 3.55. The van der Waals surface area contributed by atoms with Crippen molar-refractivity contribution in [1.29, 1.82) is 0 Å². The quantitative estimate of drug-likeness (QED) is 0.515. The van der Waals surface area contributed by atoms with Gasteiger partial charge in [0.05, 0.1) is 0 Å². The molecule has 0 fully saturated rings. The van der Waals surface area contributed by atoms with Gasteiger partial charge in [0.25, 0.3) is 0 Å². The van der Waals surface area contributed by atoms with Gasteiger partial charge in [0, 0.05) is 12.8 Å². The molecule has 0 saturated carbocycles. The molecule has 1 aromatic rings. The standard InChI is InChI=1S/C18H23N/c1-4-5-10-19-13-16-8-6-7-9-17(16)18-12-14(2)11-15(18)3/h6-9,11,13H,4-5,10,12H2,1-3H3. The molecule has 0 amide bonds. The average Bonchev–Trinajstić information content (AvgIpc) is 2.74. The third kappa shape index (κ3) is 3.44. The molecule has 1 aliphatic rings. The summed E-state index contributed by atoms with van der Waals surface area (Å²) in [6.45, 7) is 7.54. The molecule has 100 valence electrons. The van der Waals surface area contributed by atoms with Gasteiger partial charge in [0.15, 0.2) is 0 Å². The van der Waals surface area contributed by atoms with Crippen LogP contribution in [0.25, 0.3) is 5.57 Å². The van der Waals surface area contributed by atoms with Crippen LogP contribution in [-0.4, -0.2) is 12.8 Å². The summed E-state index contributed by atoms with van der Waals surface area (Å²) in [6, 6.07) is 8.59. The van der Waals surface area contributed by atoms with Crippen LogP contribution in [-0.2, 0) is 0 Å². The first-order valence-electron chi connectivity index (χ1n) is 7.18. The summed E-state index contributed by atoms with van der Waals surface area (Å²) < 4.78 is 0. The van der Waals surface area contributed by atoms with Crippen LogP contribution in [0.15, 0.2) is 46.5 Å². The molecule has 0 atom stereocenters. The maximum atomic E-state index is 4.54. The van der Waals surface area contributed by atoms with Crippen molar-refractivity contribution in [3.05, 3.63) is 52.6 Å². The molecule has 0 spiro atoms. The first-order valence-corrected chi connectivity index (χ1v) is 7.18. The number of allylic oxidation sites excluding steroid dienone is 4. The summed E-state index contributed by atoms with van der Waals surface area (Å²) in [5, 5.41) is 0. The van der Waals surface area contributed by atoms with E-state index in [-0.39, 0.29) is 0 Å². The Morgan fingerprint density at radius 3 is 2.68 bits per heavy atom. The van der Waals surface area contributed by atoms with Crippen LogP contribution in [0.4, 0.5) is 0 Å². The Balaban J connectivity index is 2.23. The van der Waals surface area contributed by atoms with Crippen LogP contribution in [0.1, 0.15) is 51.2 Å². The van der Waals surface area contributed by atoms with Crippen molar-refractivity contribution in [2.75, 3.05) is 6.54 Å². The number of hydrogen-bond acceptors (Lipinski definition) is 1. The number of rotatable bonds is 5. The monoisotopic (exact) mass is 253 g/mol. The van der Waals surface area contributed by atoms with Gasteiger partial charge in [-0.3, -0.25) is 4.99 Å². The van der Waals surface area contributed by atoms with E-state index in [9.17, 15) is 0 Å². The summed E-state index contributed by atoms with van der Waals surface area (Å²) in [5.41, 5.74) is 6.89. The van der Waals surface area contributed by atoms with Gasteiger partial charge in [-0.25, -0.2) is 0 Å². The van der Waals surface area contributed by atoms with E-state index in [4.69, 9.17) is 0 Å². The van der Waals surface area contributed by atoms with E-state index in [1.807, 2.05) is 6.21 Å². The van der Waals surface area contributed by atoms with Gasteiger partial charge >= 0.3 is 0 Å². The SMILES string of the molecule is CCCCN=Cc1ccccc1C1=C(C)C=C(C)C1. The lowest BCUT2D eigenvalue weighted by Crippen LogP contribution is -1.93. The minimum atomic E-state index is 0.931. The normalized spacial score (nSPS) is 15.4. The highest BCUT2D eigenvalue weighted by atomic mass is 14.7. The van der Waals surface area contributed by atoms with Crippen molar-refractivity contribution in [3.8, 4) is 0 Å². The molecule has 0 aliphatic heterocycles. The molecule has 0 saturated heterocycles. The second kappa shape index (κ2) is 6.51. The lowest BCUT2D eigenvalue weighted by Gasteiger charge is -2.09. The highest BCUT2D eigenvalue weighted by Crippen LogP contribution is 2.33. The highest BCUT2D eigenvalue weighted by Gasteiger charge is 2.14. The van der Waals surface area contributed by atoms with E-state index < -0.39 is 0 Å². The Morgan fingerprint density at radius 1 is 1.21 bits per heavy atom. The van der Waals surface area contributed by atoms with E-state index in [0.717, 1.165) is 13.0 Å². The summed E-state index contributed by atoms with van der Waals surface area (Å²) in [6.07, 6.45) is 7.78. The van der Waals surface area contributed by atoms with Gasteiger partial charge in [-0.15, -0.1) is 0 Å². The fourth-order valence-electron chi connectivity index (χ4n) is 2.53. The lowest BCUT2D eigenvalue weighted by atomic mass is 9.96. The maximum Gasteiger partial charge on any atom is 0.0389 e. The van der Waals surface area contributed by atoms with Gasteiger partial charge in [-0.05, 0) is 49.0 Å². The van der Waals surface area contributed by atoms with E-state index in [1.54, 1.807) is 0 Å². The largest absolute Gasteiger partial charge is 0.293 e. The van der Waals surface area contributed by atoms with Gasteiger partial charge in [-0.1, -0.05) is 49.3 Å².